The van der Waals surface area contributed by atoms with Crippen LogP contribution in [0.25, 0.3) is 0 Å². The minimum absolute atomic E-state index is 0.303. The molecule has 132 valence electrons. The molecule has 1 saturated carbocycles. The van der Waals surface area contributed by atoms with Crippen molar-refractivity contribution in [1.29, 1.82) is 0 Å². The molecule has 3 nitrogen and oxygen atoms in total. The van der Waals surface area contributed by atoms with E-state index in [9.17, 15) is 0 Å². The van der Waals surface area contributed by atoms with Crippen LogP contribution in [0.3, 0.4) is 0 Å². The highest BCUT2D eigenvalue weighted by Gasteiger charge is 2.39. The van der Waals surface area contributed by atoms with Gasteiger partial charge in [0.15, 0.2) is 0 Å². The fourth-order valence-electron chi connectivity index (χ4n) is 4.37. The Labute approximate surface area is 155 Å². The van der Waals surface area contributed by atoms with Crippen molar-refractivity contribution >= 4 is 17.6 Å². The lowest BCUT2D eigenvalue weighted by molar-refractivity contribution is 0.288. The van der Waals surface area contributed by atoms with Gasteiger partial charge < -0.3 is 5.32 Å². The van der Waals surface area contributed by atoms with E-state index in [4.69, 9.17) is 4.98 Å². The molecular weight excluding hydrogens is 326 g/mol. The number of pyridine rings is 1. The number of rotatable bonds is 5. The summed E-state index contributed by atoms with van der Waals surface area (Å²) in [7, 11) is 0. The van der Waals surface area contributed by atoms with E-state index in [2.05, 4.69) is 53.4 Å². The smallest absolute Gasteiger partial charge is 0.0816 e. The maximum Gasteiger partial charge on any atom is 0.0816 e. The van der Waals surface area contributed by atoms with Crippen molar-refractivity contribution in [3.8, 4) is 0 Å². The summed E-state index contributed by atoms with van der Waals surface area (Å²) in [6.45, 7) is 2.38. The Bertz CT molecular complexity index is 685. The number of nitrogens with zero attached hydrogens (tertiary/aromatic N) is 1. The molecule has 0 bridgehead atoms. The van der Waals surface area contributed by atoms with E-state index in [0.29, 0.717) is 18.0 Å². The highest BCUT2D eigenvalue weighted by molar-refractivity contribution is 7.96. The van der Waals surface area contributed by atoms with Gasteiger partial charge in [-0.15, -0.1) is 0 Å². The summed E-state index contributed by atoms with van der Waals surface area (Å²) in [4.78, 5) is 4.70. The molecular formula is C21H27N3S. The van der Waals surface area contributed by atoms with Crippen molar-refractivity contribution in [2.75, 3.05) is 5.32 Å². The van der Waals surface area contributed by atoms with E-state index in [1.54, 1.807) is 0 Å². The zero-order chi connectivity index (χ0) is 17.1. The first-order chi connectivity index (χ1) is 12.3. The van der Waals surface area contributed by atoms with Crippen molar-refractivity contribution in [2.24, 2.45) is 11.8 Å². The molecule has 4 heteroatoms. The van der Waals surface area contributed by atoms with Crippen molar-refractivity contribution in [3.05, 3.63) is 59.9 Å². The van der Waals surface area contributed by atoms with Gasteiger partial charge in [0.25, 0.3) is 0 Å². The molecule has 2 aromatic rings. The summed E-state index contributed by atoms with van der Waals surface area (Å²) in [6.07, 6.45) is 7.41. The Kier molecular flexibility index (Phi) is 5.28. The minimum Gasteiger partial charge on any atom is -0.380 e. The van der Waals surface area contributed by atoms with E-state index in [0.717, 1.165) is 11.7 Å². The second kappa shape index (κ2) is 7.79. The van der Waals surface area contributed by atoms with Crippen LogP contribution in [-0.4, -0.2) is 11.0 Å². The summed E-state index contributed by atoms with van der Waals surface area (Å²) in [5.41, 5.74) is 3.75. The largest absolute Gasteiger partial charge is 0.380 e. The van der Waals surface area contributed by atoms with Crippen LogP contribution in [0.5, 0.6) is 0 Å². The number of hydrogen-bond donors (Lipinski definition) is 2. The van der Waals surface area contributed by atoms with Gasteiger partial charge in [0, 0.05) is 18.0 Å². The number of nitrogens with one attached hydrogen (secondary N) is 2. The average Bonchev–Trinajstić information content (AvgIpc) is 3.18. The third-order valence-electron chi connectivity index (χ3n) is 5.75. The average molecular weight is 354 g/mol. The Morgan fingerprint density at radius 1 is 1.12 bits per heavy atom. The summed E-state index contributed by atoms with van der Waals surface area (Å²) in [6, 6.07) is 15.7. The Hall–Kier alpha value is -1.52. The molecule has 0 spiro atoms. The molecule has 25 heavy (non-hydrogen) atoms. The molecule has 1 aliphatic heterocycles. The second-order valence-electron chi connectivity index (χ2n) is 7.38. The Morgan fingerprint density at radius 3 is 2.72 bits per heavy atom. The van der Waals surface area contributed by atoms with Gasteiger partial charge in [-0.25, -0.2) is 0 Å². The van der Waals surface area contributed by atoms with E-state index in [-0.39, 0.29) is 0 Å². The molecule has 2 N–H and O–H groups in total. The fraction of sp³-hybridized carbons (Fsp3) is 0.476. The van der Waals surface area contributed by atoms with Crippen LogP contribution in [0.1, 0.15) is 49.9 Å². The lowest BCUT2D eigenvalue weighted by Gasteiger charge is -2.41. The van der Waals surface area contributed by atoms with E-state index >= 15 is 0 Å². The lowest BCUT2D eigenvalue weighted by atomic mass is 9.79. The third kappa shape index (κ3) is 3.70. The summed E-state index contributed by atoms with van der Waals surface area (Å²) in [5.74, 6) is 2.31. The van der Waals surface area contributed by atoms with Crippen LogP contribution in [-0.2, 0) is 5.75 Å². The van der Waals surface area contributed by atoms with Gasteiger partial charge in [0.1, 0.15) is 0 Å². The molecule has 1 aromatic heterocycles. The molecule has 0 amide bonds. The van der Waals surface area contributed by atoms with Crippen LogP contribution >= 0.6 is 11.9 Å². The van der Waals surface area contributed by atoms with Gasteiger partial charge >= 0.3 is 0 Å². The zero-order valence-electron chi connectivity index (χ0n) is 14.8. The zero-order valence-corrected chi connectivity index (χ0v) is 15.6. The monoisotopic (exact) mass is 353 g/mol. The summed E-state index contributed by atoms with van der Waals surface area (Å²) >= 11 is 1.81. The molecule has 3 atom stereocenters. The van der Waals surface area contributed by atoms with Gasteiger partial charge in [-0.1, -0.05) is 62.0 Å². The van der Waals surface area contributed by atoms with Gasteiger partial charge in [-0.05, 0) is 42.4 Å². The van der Waals surface area contributed by atoms with Crippen LogP contribution in [0.2, 0.25) is 0 Å². The predicted octanol–water partition coefficient (Wildman–Crippen LogP) is 5.18. The Balaban J connectivity index is 1.49. The standard InChI is InChI=1S/C21H27N3S/c1-15-19(17-10-5-6-11-17)23-18-12-7-13-22-21(18)20(15)24-25-14-16-8-3-2-4-9-16/h2-4,7-9,12-13,15,17,19-20,23-24H,5-6,10-11,14H2,1H3/t15-,19+,20?/m0/s1. The molecule has 0 saturated heterocycles. The quantitative estimate of drug-likeness (QED) is 0.726. The van der Waals surface area contributed by atoms with Crippen molar-refractivity contribution < 1.29 is 0 Å². The number of hydrogen-bond acceptors (Lipinski definition) is 4. The number of aromatic nitrogens is 1. The first-order valence-corrected chi connectivity index (χ1v) is 10.4. The predicted molar refractivity (Wildman–Crippen MR) is 106 cm³/mol. The summed E-state index contributed by atoms with van der Waals surface area (Å²) < 4.78 is 3.74. The second-order valence-corrected chi connectivity index (χ2v) is 8.19. The molecule has 2 heterocycles. The SMILES string of the molecule is C[C@@H]1C(NSCc2ccccc2)c2ncccc2N[C@H]1C1CCCC1. The van der Waals surface area contributed by atoms with E-state index in [1.807, 2.05) is 24.2 Å². The lowest BCUT2D eigenvalue weighted by Crippen LogP contribution is -2.44. The Morgan fingerprint density at radius 2 is 1.92 bits per heavy atom. The normalized spacial score (nSPS) is 26.2. The van der Waals surface area contributed by atoms with Crippen LogP contribution < -0.4 is 10.0 Å². The van der Waals surface area contributed by atoms with E-state index < -0.39 is 0 Å². The first-order valence-electron chi connectivity index (χ1n) is 9.45. The topological polar surface area (TPSA) is 37.0 Å². The molecule has 0 radical (unpaired) electrons. The molecule has 1 unspecified atom stereocenters. The van der Waals surface area contributed by atoms with Gasteiger partial charge in [0.2, 0.25) is 0 Å². The third-order valence-corrected chi connectivity index (χ3v) is 6.65. The molecule has 1 aliphatic carbocycles. The number of benzene rings is 1. The summed E-state index contributed by atoms with van der Waals surface area (Å²) in [5, 5.41) is 3.81. The molecule has 1 fully saturated rings. The first kappa shape index (κ1) is 16.9. The van der Waals surface area contributed by atoms with Crippen molar-refractivity contribution in [3.63, 3.8) is 0 Å². The van der Waals surface area contributed by atoms with Gasteiger partial charge in [0.05, 0.1) is 17.4 Å². The minimum atomic E-state index is 0.303. The van der Waals surface area contributed by atoms with E-state index in [1.165, 1.54) is 42.6 Å². The van der Waals surface area contributed by atoms with Crippen molar-refractivity contribution in [2.45, 2.75) is 50.4 Å². The van der Waals surface area contributed by atoms with Crippen LogP contribution in [0, 0.1) is 11.8 Å². The molecule has 2 aliphatic rings. The number of fused-ring (bicyclic) bond motifs is 1. The molecule has 4 rings (SSSR count). The maximum atomic E-state index is 4.70. The van der Waals surface area contributed by atoms with Crippen molar-refractivity contribution in [1.82, 2.24) is 9.71 Å². The highest BCUT2D eigenvalue weighted by Crippen LogP contribution is 2.42. The van der Waals surface area contributed by atoms with Crippen LogP contribution in [0.15, 0.2) is 48.7 Å². The van der Waals surface area contributed by atoms with Gasteiger partial charge in [-0.2, -0.15) is 0 Å². The maximum absolute atomic E-state index is 4.70. The molecule has 1 aromatic carbocycles. The fourth-order valence-corrected chi connectivity index (χ4v) is 5.32. The number of anilines is 1. The van der Waals surface area contributed by atoms with Crippen LogP contribution in [0.4, 0.5) is 5.69 Å². The highest BCUT2D eigenvalue weighted by atomic mass is 32.2. The van der Waals surface area contributed by atoms with Gasteiger partial charge in [-0.3, -0.25) is 9.71 Å².